The minimum absolute atomic E-state index is 0. The van der Waals surface area contributed by atoms with Crippen molar-refractivity contribution in [2.24, 2.45) is 5.92 Å². The van der Waals surface area contributed by atoms with Gasteiger partial charge in [0.2, 0.25) is 0 Å². The van der Waals surface area contributed by atoms with Gasteiger partial charge in [-0.3, -0.25) is 29.8 Å². The van der Waals surface area contributed by atoms with Crippen molar-refractivity contribution in [1.82, 2.24) is 46.8 Å². The molecule has 5 heterocycles. The maximum atomic E-state index is 12.6. The van der Waals surface area contributed by atoms with Gasteiger partial charge >= 0.3 is 18.3 Å². The summed E-state index contributed by atoms with van der Waals surface area (Å²) in [5, 5.41) is 14.2. The van der Waals surface area contributed by atoms with E-state index in [0.29, 0.717) is 32.6 Å². The largest absolute Gasteiger partial charge is 0.540 e. The SMILES string of the molecule is C/C=C/[C-]=O.C=C[C-]=O.C=O.CC(C)(C)OC(=O)NC1(C)CNNC1=O.CC1CC([C-]=O)N2C(=O)C(C)(NC(=O)OC(C)(C)C)CN12.CC1CN2CC(C)(NC(=O)OC(C)(C)C)C(=O)N2C1[C-]=O.CC=O.[Y].[Y].[Y].[Y]. The van der Waals surface area contributed by atoms with Crippen LogP contribution in [0, 0.1) is 5.92 Å². The molecular formula is C47H75N9O15Y4-4. The molecule has 0 aromatic rings. The molecule has 6 amide bonds. The van der Waals surface area contributed by atoms with Crippen LogP contribution >= 0.6 is 0 Å². The number of ether oxygens (including phenoxy) is 3. The van der Waals surface area contributed by atoms with Crippen molar-refractivity contribution >= 4 is 74.2 Å². The third kappa shape index (κ3) is 29.2. The fraction of sp³-hybridized carbons (Fsp3) is 0.660. The Morgan fingerprint density at radius 1 is 0.693 bits per heavy atom. The standard InChI is InChI=1S/2C14H22N3O4.C9H17N3O3.C4H5O.C3H3O.C2H4O.CH2O.4Y/c1-9-6-16-8-14(5,11(19)17(16)10(9)7-18)15-12(20)21-13(2,3)4;1-9-6-10(7-18)17-11(19)14(5,8-16(9)17)15-12(20)21-13(2,3)4;1-8(2,3)15-7(14)11-9(4)5-10-12-6(9)13;1-2-3-4-5;1-2-3-4;1-2-3;1-2;;;;/h2*9-10H,6,8H2,1-5H3,(H,15,20);10H,5H2,1-4H3,(H,11,14)(H,12,13);2-3H,1H3;2H,1H2;2H,1H3;1H2;;;;/q2*-1;;2*-1;;;;;;/b;;;3-2+;;;;;;;. The second-order valence-electron chi connectivity index (χ2n) is 19.9. The van der Waals surface area contributed by atoms with Gasteiger partial charge in [-0.15, -0.1) is 6.92 Å². The summed E-state index contributed by atoms with van der Waals surface area (Å²) in [6.45, 7) is 34.5. The summed E-state index contributed by atoms with van der Waals surface area (Å²) < 4.78 is 15.4. The topological polar surface area (TPSA) is 306 Å². The number of carbonyl (C=O) groups is 8. The van der Waals surface area contributed by atoms with E-state index in [1.54, 1.807) is 107 Å². The van der Waals surface area contributed by atoms with Crippen molar-refractivity contribution in [2.45, 2.75) is 169 Å². The van der Waals surface area contributed by atoms with Gasteiger partial charge in [0.1, 0.15) is 46.5 Å². The smallest absolute Gasteiger partial charge is 0.408 e. The van der Waals surface area contributed by atoms with Crippen LogP contribution in [0.15, 0.2) is 24.8 Å². The van der Waals surface area contributed by atoms with Crippen LogP contribution in [0.2, 0.25) is 0 Å². The van der Waals surface area contributed by atoms with Gasteiger partial charge in [-0.25, -0.2) is 61.1 Å². The summed E-state index contributed by atoms with van der Waals surface area (Å²) in [4.78, 5) is 129. The molecule has 7 atom stereocenters. The van der Waals surface area contributed by atoms with Crippen LogP contribution in [0.4, 0.5) is 14.4 Å². The summed E-state index contributed by atoms with van der Waals surface area (Å²) in [5.74, 6) is -0.831. The average molecular weight is 1360 g/mol. The van der Waals surface area contributed by atoms with Crippen LogP contribution in [-0.4, -0.2) is 172 Å². The van der Waals surface area contributed by atoms with E-state index < -0.39 is 63.8 Å². The molecule has 5 fully saturated rings. The normalized spacial score (nSPS) is 24.8. The maximum Gasteiger partial charge on any atom is 0.408 e. The van der Waals surface area contributed by atoms with E-state index in [1.165, 1.54) is 29.3 Å². The summed E-state index contributed by atoms with van der Waals surface area (Å²) in [7, 11) is 0. The summed E-state index contributed by atoms with van der Waals surface area (Å²) >= 11 is 0. The van der Waals surface area contributed by atoms with Crippen molar-refractivity contribution < 1.29 is 203 Å². The first kappa shape index (κ1) is 84.3. The molecule has 0 saturated carbocycles. The Hall–Kier alpha value is -1.98. The zero-order valence-electron chi connectivity index (χ0n) is 46.3. The predicted molar refractivity (Wildman–Crippen MR) is 259 cm³/mol. The fourth-order valence-corrected chi connectivity index (χ4v) is 6.81. The van der Waals surface area contributed by atoms with Crippen LogP contribution < -0.4 is 26.8 Å². The van der Waals surface area contributed by atoms with Crippen LogP contribution in [-0.2, 0) is 188 Å². The molecule has 5 aliphatic rings. The van der Waals surface area contributed by atoms with Crippen molar-refractivity contribution in [3.8, 4) is 0 Å². The third-order valence-corrected chi connectivity index (χ3v) is 9.64. The fourth-order valence-electron chi connectivity index (χ4n) is 6.81. The number of carbonyl (C=O) groups excluding carboxylic acids is 12. The molecule has 7 unspecified atom stereocenters. The van der Waals surface area contributed by atoms with Crippen LogP contribution in [0.5, 0.6) is 0 Å². The van der Waals surface area contributed by atoms with Gasteiger partial charge in [-0.05, 0) is 134 Å². The number of aldehydes is 1. The van der Waals surface area contributed by atoms with Gasteiger partial charge in [0.05, 0.1) is 13.1 Å². The number of nitrogens with one attached hydrogen (secondary N) is 5. The Balaban J connectivity index is -0.000000208. The van der Waals surface area contributed by atoms with Gasteiger partial charge in [-0.2, -0.15) is 6.08 Å². The van der Waals surface area contributed by atoms with Gasteiger partial charge in [0.25, 0.3) is 17.7 Å². The van der Waals surface area contributed by atoms with Gasteiger partial charge in [0.15, 0.2) is 0 Å². The number of hydrogen-bond acceptors (Lipinski definition) is 18. The van der Waals surface area contributed by atoms with Crippen molar-refractivity contribution in [3.63, 3.8) is 0 Å². The van der Waals surface area contributed by atoms with Crippen molar-refractivity contribution in [3.05, 3.63) is 24.8 Å². The molecule has 0 bridgehead atoms. The molecule has 0 aromatic heterocycles. The number of allylic oxidation sites excluding steroid dienone is 3. The first-order valence-electron chi connectivity index (χ1n) is 22.3. The Morgan fingerprint density at radius 3 is 1.39 bits per heavy atom. The quantitative estimate of drug-likeness (QED) is 0.105. The molecule has 24 nitrogen and oxygen atoms in total. The maximum absolute atomic E-state index is 12.6. The Labute approximate surface area is 543 Å². The monoisotopic (exact) mass is 1360 g/mol. The molecule has 414 valence electrons. The zero-order valence-corrected chi connectivity index (χ0v) is 57.6. The van der Waals surface area contributed by atoms with Gasteiger partial charge < -0.3 is 58.9 Å². The predicted octanol–water partition coefficient (Wildman–Crippen LogP) is 1.93. The first-order valence-corrected chi connectivity index (χ1v) is 22.3. The molecule has 4 radical (unpaired) electrons. The molecule has 0 spiro atoms. The number of alkyl carbamates (subject to hydrolysis) is 3. The molecule has 28 heteroatoms. The van der Waals surface area contributed by atoms with Crippen LogP contribution in [0.1, 0.15) is 117 Å². The Kier molecular flexibility index (Phi) is 43.4. The molecule has 5 N–H and O–H groups in total. The van der Waals surface area contributed by atoms with E-state index >= 15 is 0 Å². The molecule has 0 aliphatic carbocycles. The van der Waals surface area contributed by atoms with Crippen LogP contribution in [0.25, 0.3) is 0 Å². The minimum Gasteiger partial charge on any atom is -0.540 e. The number of fused-ring (bicyclic) bond motifs is 2. The number of hydrazine groups is 3. The molecule has 0 aromatic carbocycles. The zero-order chi connectivity index (χ0) is 55.9. The second-order valence-corrected chi connectivity index (χ2v) is 19.9. The van der Waals surface area contributed by atoms with E-state index in [0.717, 1.165) is 12.4 Å². The van der Waals surface area contributed by atoms with Crippen LogP contribution in [0.3, 0.4) is 0 Å². The Morgan fingerprint density at radius 2 is 1.08 bits per heavy atom. The van der Waals surface area contributed by atoms with E-state index in [9.17, 15) is 43.2 Å². The summed E-state index contributed by atoms with van der Waals surface area (Å²) in [5.41, 5.74) is 0.128. The first-order chi connectivity index (χ1) is 32.6. The molecule has 5 aliphatic heterocycles. The van der Waals surface area contributed by atoms with Crippen molar-refractivity contribution in [1.29, 1.82) is 0 Å². The number of rotatable bonds is 7. The van der Waals surface area contributed by atoms with E-state index in [1.807, 2.05) is 38.2 Å². The van der Waals surface area contributed by atoms with Gasteiger partial charge in [-0.1, -0.05) is 6.92 Å². The molecule has 5 rings (SSSR count). The summed E-state index contributed by atoms with van der Waals surface area (Å²) in [6, 6.07) is -1.10. The number of amides is 6. The summed E-state index contributed by atoms with van der Waals surface area (Å²) in [6.07, 6.45) is 10.3. The van der Waals surface area contributed by atoms with Gasteiger partial charge in [0, 0.05) is 150 Å². The number of nitrogens with zero attached hydrogens (tertiary/aromatic N) is 4. The molecular weight excluding hydrogens is 1290 g/mol. The van der Waals surface area contributed by atoms with E-state index in [4.69, 9.17) is 28.6 Å². The van der Waals surface area contributed by atoms with E-state index in [-0.39, 0.29) is 161 Å². The molecule has 5 saturated heterocycles. The Bertz CT molecular complexity index is 1910. The second kappa shape index (κ2) is 38.6. The van der Waals surface area contributed by atoms with E-state index in [2.05, 4.69) is 33.4 Å². The average Bonchev–Trinajstić information content (AvgIpc) is 3.96. The molecule has 75 heavy (non-hydrogen) atoms. The third-order valence-electron chi connectivity index (χ3n) is 9.64. The minimum atomic E-state index is -1.09. The van der Waals surface area contributed by atoms with Crippen molar-refractivity contribution in [2.75, 3.05) is 26.2 Å². The number of hydrogen-bond donors (Lipinski definition) is 5.